The van der Waals surface area contributed by atoms with Crippen LogP contribution in [0.1, 0.15) is 15.4 Å². The first-order valence-electron chi connectivity index (χ1n) is 7.89. The van der Waals surface area contributed by atoms with Crippen molar-refractivity contribution in [1.29, 1.82) is 0 Å². The Kier molecular flexibility index (Phi) is 6.29. The maximum Gasteiger partial charge on any atom is 0.280 e. The molecule has 26 heavy (non-hydrogen) atoms. The minimum absolute atomic E-state index is 0.164. The molecule has 0 bridgehead atoms. The van der Waals surface area contributed by atoms with E-state index in [9.17, 15) is 4.79 Å². The van der Waals surface area contributed by atoms with Crippen LogP contribution in [0.5, 0.6) is 5.75 Å². The van der Waals surface area contributed by atoms with Gasteiger partial charge in [-0.1, -0.05) is 29.8 Å². The van der Waals surface area contributed by atoms with Gasteiger partial charge in [-0.3, -0.25) is 4.79 Å². The highest BCUT2D eigenvalue weighted by Crippen LogP contribution is 2.26. The summed E-state index contributed by atoms with van der Waals surface area (Å²) >= 11 is 10.7. The third-order valence-corrected chi connectivity index (χ3v) is 5.47. The average molecular weight is 452 g/mol. The first-order valence-corrected chi connectivity index (χ1v) is 9.94. The Morgan fingerprint density at radius 2 is 2.04 bits per heavy atom. The Hall–Kier alpha value is -1.89. The fourth-order valence-corrected chi connectivity index (χ4v) is 3.85. The van der Waals surface area contributed by atoms with E-state index in [-0.39, 0.29) is 5.91 Å². The normalized spacial score (nSPS) is 10.6. The number of ether oxygens (including phenoxy) is 1. The van der Waals surface area contributed by atoms with Crippen LogP contribution in [0.3, 0.4) is 0 Å². The molecule has 7 heteroatoms. The average Bonchev–Trinajstić information content (AvgIpc) is 3.12. The van der Waals surface area contributed by atoms with Gasteiger partial charge in [-0.15, -0.1) is 11.3 Å². The number of benzene rings is 2. The second-order valence-corrected chi connectivity index (χ2v) is 7.67. The molecule has 0 unspecified atom stereocenters. The van der Waals surface area contributed by atoms with Gasteiger partial charge in [-0.2, -0.15) is 0 Å². The van der Waals surface area contributed by atoms with E-state index in [1.807, 2.05) is 47.8 Å². The molecule has 0 radical (unpaired) electrons. The van der Waals surface area contributed by atoms with Crippen molar-refractivity contribution in [2.45, 2.75) is 6.42 Å². The molecule has 1 heterocycles. The van der Waals surface area contributed by atoms with E-state index < -0.39 is 0 Å². The van der Waals surface area contributed by atoms with Crippen molar-refractivity contribution in [2.75, 3.05) is 13.7 Å². The number of methoxy groups -OCH3 is 1. The van der Waals surface area contributed by atoms with Gasteiger partial charge in [-0.05, 0) is 52.2 Å². The second kappa shape index (κ2) is 8.66. The van der Waals surface area contributed by atoms with Gasteiger partial charge in [0.1, 0.15) is 5.75 Å². The maximum atomic E-state index is 12.3. The summed E-state index contributed by atoms with van der Waals surface area (Å²) in [6, 6.07) is 13.3. The number of nitrogens with one attached hydrogen (secondary N) is 1. The number of amides is 1. The van der Waals surface area contributed by atoms with Crippen molar-refractivity contribution < 1.29 is 9.53 Å². The predicted molar refractivity (Wildman–Crippen MR) is 109 cm³/mol. The summed E-state index contributed by atoms with van der Waals surface area (Å²) < 4.78 is 6.11. The van der Waals surface area contributed by atoms with Gasteiger partial charge in [0.05, 0.1) is 17.3 Å². The molecule has 0 atom stereocenters. The molecule has 1 aromatic heterocycles. The summed E-state index contributed by atoms with van der Waals surface area (Å²) in [5.74, 6) is 0.623. The maximum absolute atomic E-state index is 12.3. The molecule has 0 aliphatic rings. The highest BCUT2D eigenvalue weighted by Gasteiger charge is 2.12. The Morgan fingerprint density at radius 1 is 1.27 bits per heavy atom. The number of carbonyl (C=O) groups is 1. The SMILES string of the molecule is COc1ccc(CCNC(=O)c2nc(-c3ccc(Cl)cc3)cs2)cc1Br. The molecule has 0 fully saturated rings. The van der Waals surface area contributed by atoms with E-state index in [4.69, 9.17) is 16.3 Å². The monoisotopic (exact) mass is 450 g/mol. The number of thiazole rings is 1. The van der Waals surface area contributed by atoms with E-state index in [0.717, 1.165) is 33.5 Å². The summed E-state index contributed by atoms with van der Waals surface area (Å²) in [6.07, 6.45) is 0.726. The Morgan fingerprint density at radius 3 is 2.73 bits per heavy atom. The van der Waals surface area contributed by atoms with Gasteiger partial charge >= 0.3 is 0 Å². The highest BCUT2D eigenvalue weighted by molar-refractivity contribution is 9.10. The van der Waals surface area contributed by atoms with Crippen LogP contribution in [0.25, 0.3) is 11.3 Å². The summed E-state index contributed by atoms with van der Waals surface area (Å²) in [7, 11) is 1.63. The molecule has 4 nitrogen and oxygen atoms in total. The molecular weight excluding hydrogens is 436 g/mol. The van der Waals surface area contributed by atoms with Crippen LogP contribution in [-0.4, -0.2) is 24.5 Å². The molecule has 3 rings (SSSR count). The van der Waals surface area contributed by atoms with E-state index in [0.29, 0.717) is 16.6 Å². The van der Waals surface area contributed by atoms with Crippen LogP contribution in [0.2, 0.25) is 5.02 Å². The third-order valence-electron chi connectivity index (χ3n) is 3.75. The molecule has 1 amide bonds. The van der Waals surface area contributed by atoms with Crippen LogP contribution < -0.4 is 10.1 Å². The van der Waals surface area contributed by atoms with Gasteiger partial charge in [0, 0.05) is 22.5 Å². The number of hydrogen-bond donors (Lipinski definition) is 1. The van der Waals surface area contributed by atoms with Gasteiger partial charge in [0.25, 0.3) is 5.91 Å². The number of hydrogen-bond acceptors (Lipinski definition) is 4. The lowest BCUT2D eigenvalue weighted by molar-refractivity contribution is 0.0954. The Bertz CT molecular complexity index is 912. The summed E-state index contributed by atoms with van der Waals surface area (Å²) in [4.78, 5) is 16.7. The van der Waals surface area contributed by atoms with Crippen LogP contribution in [0, 0.1) is 0 Å². The van der Waals surface area contributed by atoms with Crippen molar-refractivity contribution in [3.63, 3.8) is 0 Å². The highest BCUT2D eigenvalue weighted by atomic mass is 79.9. The molecule has 0 spiro atoms. The minimum atomic E-state index is -0.164. The standard InChI is InChI=1S/C19H16BrClN2O2S/c1-25-17-7-2-12(10-15(17)20)8-9-22-18(24)19-23-16(11-26-19)13-3-5-14(21)6-4-13/h2-7,10-11H,8-9H2,1H3,(H,22,24). The molecule has 134 valence electrons. The van der Waals surface area contributed by atoms with E-state index >= 15 is 0 Å². The lowest BCUT2D eigenvalue weighted by Crippen LogP contribution is -2.25. The number of halogens is 2. The Balaban J connectivity index is 1.57. The first kappa shape index (κ1) is 18.9. The fraction of sp³-hybridized carbons (Fsp3) is 0.158. The molecule has 0 saturated carbocycles. The molecule has 0 aliphatic carbocycles. The Labute approximate surface area is 169 Å². The summed E-state index contributed by atoms with van der Waals surface area (Å²) in [5.41, 5.74) is 2.82. The molecule has 2 aromatic carbocycles. The topological polar surface area (TPSA) is 51.2 Å². The van der Waals surface area contributed by atoms with Gasteiger partial charge in [0.15, 0.2) is 5.01 Å². The van der Waals surface area contributed by atoms with Crippen molar-refractivity contribution in [2.24, 2.45) is 0 Å². The van der Waals surface area contributed by atoms with Crippen molar-refractivity contribution >= 4 is 44.8 Å². The smallest absolute Gasteiger partial charge is 0.280 e. The van der Waals surface area contributed by atoms with Gasteiger partial charge in [0.2, 0.25) is 0 Å². The first-order chi connectivity index (χ1) is 12.6. The largest absolute Gasteiger partial charge is 0.496 e. The van der Waals surface area contributed by atoms with Crippen LogP contribution in [-0.2, 0) is 6.42 Å². The molecular formula is C19H16BrClN2O2S. The molecule has 1 N–H and O–H groups in total. The quantitative estimate of drug-likeness (QED) is 0.560. The van der Waals surface area contributed by atoms with Gasteiger partial charge in [-0.25, -0.2) is 4.98 Å². The van der Waals surface area contributed by atoms with Crippen LogP contribution in [0.15, 0.2) is 52.3 Å². The zero-order valence-electron chi connectivity index (χ0n) is 14.0. The summed E-state index contributed by atoms with van der Waals surface area (Å²) in [6.45, 7) is 0.535. The zero-order chi connectivity index (χ0) is 18.5. The van der Waals surface area contributed by atoms with Crippen molar-refractivity contribution in [3.8, 4) is 17.0 Å². The van der Waals surface area contributed by atoms with E-state index in [1.54, 1.807) is 7.11 Å². The molecule has 0 aliphatic heterocycles. The lowest BCUT2D eigenvalue weighted by Gasteiger charge is -2.07. The molecule has 0 saturated heterocycles. The number of carbonyl (C=O) groups excluding carboxylic acids is 1. The van der Waals surface area contributed by atoms with Crippen LogP contribution in [0.4, 0.5) is 0 Å². The fourth-order valence-electron chi connectivity index (χ4n) is 2.39. The van der Waals surface area contributed by atoms with E-state index in [2.05, 4.69) is 26.2 Å². The number of rotatable bonds is 6. The second-order valence-electron chi connectivity index (χ2n) is 5.52. The van der Waals surface area contributed by atoms with Crippen molar-refractivity contribution in [3.05, 3.63) is 67.9 Å². The number of nitrogens with zero attached hydrogens (tertiary/aromatic N) is 1. The molecule has 3 aromatic rings. The third kappa shape index (κ3) is 4.63. The lowest BCUT2D eigenvalue weighted by atomic mass is 10.1. The predicted octanol–water partition coefficient (Wildman–Crippen LogP) is 5.21. The van der Waals surface area contributed by atoms with Crippen LogP contribution >= 0.6 is 38.9 Å². The zero-order valence-corrected chi connectivity index (χ0v) is 17.1. The summed E-state index contributed by atoms with van der Waals surface area (Å²) in [5, 5.41) is 5.91. The van der Waals surface area contributed by atoms with Crippen molar-refractivity contribution in [1.82, 2.24) is 10.3 Å². The number of aromatic nitrogens is 1. The van der Waals surface area contributed by atoms with Gasteiger partial charge < -0.3 is 10.1 Å². The minimum Gasteiger partial charge on any atom is -0.496 e. The van der Waals surface area contributed by atoms with E-state index in [1.165, 1.54) is 11.3 Å².